The summed E-state index contributed by atoms with van der Waals surface area (Å²) < 4.78 is 0. The zero-order valence-electron chi connectivity index (χ0n) is 10.4. The van der Waals surface area contributed by atoms with Crippen molar-refractivity contribution in [1.82, 2.24) is 10.2 Å². The van der Waals surface area contributed by atoms with Gasteiger partial charge in [0, 0.05) is 6.54 Å². The van der Waals surface area contributed by atoms with Gasteiger partial charge in [0.25, 0.3) is 0 Å². The average molecular weight is 224 g/mol. The highest BCUT2D eigenvalue weighted by molar-refractivity contribution is 5.81. The first-order valence-electron chi connectivity index (χ1n) is 6.38. The number of rotatable bonds is 4. The molecular weight excluding hydrogens is 200 g/mol. The topological polar surface area (TPSA) is 32.3 Å². The molecule has 16 heavy (non-hydrogen) atoms. The van der Waals surface area contributed by atoms with Crippen molar-refractivity contribution in [2.75, 3.05) is 19.6 Å². The van der Waals surface area contributed by atoms with Gasteiger partial charge in [-0.25, -0.2) is 0 Å². The van der Waals surface area contributed by atoms with Gasteiger partial charge in [-0.3, -0.25) is 9.69 Å². The van der Waals surface area contributed by atoms with E-state index in [0.29, 0.717) is 6.54 Å². The monoisotopic (exact) mass is 224 g/mol. The maximum atomic E-state index is 11.8. The molecule has 1 amide bonds. The van der Waals surface area contributed by atoms with Crippen LogP contribution in [0.15, 0.2) is 12.7 Å². The van der Waals surface area contributed by atoms with Gasteiger partial charge in [0.2, 0.25) is 5.91 Å². The van der Waals surface area contributed by atoms with Gasteiger partial charge in [-0.2, -0.15) is 0 Å². The Bertz CT molecular complexity index is 220. The van der Waals surface area contributed by atoms with Crippen LogP contribution in [0.25, 0.3) is 0 Å². The van der Waals surface area contributed by atoms with Crippen LogP contribution in [0.4, 0.5) is 0 Å². The first-order valence-corrected chi connectivity index (χ1v) is 6.38. The molecule has 0 aromatic rings. The summed E-state index contributed by atoms with van der Waals surface area (Å²) in [6.45, 7) is 8.29. The Hall–Kier alpha value is -0.830. The van der Waals surface area contributed by atoms with E-state index in [-0.39, 0.29) is 11.9 Å². The third-order valence-corrected chi connectivity index (χ3v) is 3.24. The Balaban J connectivity index is 2.39. The minimum Gasteiger partial charge on any atom is -0.351 e. The number of amides is 1. The molecule has 92 valence electrons. The van der Waals surface area contributed by atoms with E-state index >= 15 is 0 Å². The molecule has 0 radical (unpaired) electrons. The summed E-state index contributed by atoms with van der Waals surface area (Å²) in [5.41, 5.74) is 0. The lowest BCUT2D eigenvalue weighted by Gasteiger charge is -2.29. The minimum atomic E-state index is -0.00181. The average Bonchev–Trinajstić information content (AvgIpc) is 2.24. The summed E-state index contributed by atoms with van der Waals surface area (Å²) in [6, 6.07) is -0.00181. The molecule has 3 nitrogen and oxygen atoms in total. The molecule has 1 heterocycles. The SMILES string of the molecule is C=CCNC(=O)[C@H](C)N1CCCCCCC1. The summed E-state index contributed by atoms with van der Waals surface area (Å²) in [4.78, 5) is 14.1. The van der Waals surface area contributed by atoms with Crippen LogP contribution >= 0.6 is 0 Å². The van der Waals surface area contributed by atoms with Crippen LogP contribution in [0.1, 0.15) is 39.0 Å². The first kappa shape index (κ1) is 13.2. The summed E-state index contributed by atoms with van der Waals surface area (Å²) in [5, 5.41) is 2.87. The van der Waals surface area contributed by atoms with E-state index in [4.69, 9.17) is 0 Å². The molecular formula is C13H24N2O. The molecule has 0 spiro atoms. The van der Waals surface area contributed by atoms with Crippen molar-refractivity contribution in [1.29, 1.82) is 0 Å². The smallest absolute Gasteiger partial charge is 0.237 e. The zero-order chi connectivity index (χ0) is 11.8. The van der Waals surface area contributed by atoms with E-state index in [1.54, 1.807) is 6.08 Å². The van der Waals surface area contributed by atoms with Gasteiger partial charge in [0.15, 0.2) is 0 Å². The fourth-order valence-corrected chi connectivity index (χ4v) is 2.15. The Morgan fingerprint density at radius 1 is 1.31 bits per heavy atom. The fraction of sp³-hybridized carbons (Fsp3) is 0.769. The highest BCUT2D eigenvalue weighted by Gasteiger charge is 2.20. The van der Waals surface area contributed by atoms with Gasteiger partial charge in [0.05, 0.1) is 6.04 Å². The van der Waals surface area contributed by atoms with Gasteiger partial charge < -0.3 is 5.32 Å². The Morgan fingerprint density at radius 2 is 1.88 bits per heavy atom. The van der Waals surface area contributed by atoms with Crippen molar-refractivity contribution >= 4 is 5.91 Å². The van der Waals surface area contributed by atoms with Crippen LogP contribution < -0.4 is 5.32 Å². The number of hydrogen-bond acceptors (Lipinski definition) is 2. The van der Waals surface area contributed by atoms with Gasteiger partial charge in [-0.05, 0) is 32.9 Å². The highest BCUT2D eigenvalue weighted by atomic mass is 16.2. The molecule has 1 rings (SSSR count). The first-order chi connectivity index (χ1) is 7.75. The molecule has 1 fully saturated rings. The van der Waals surface area contributed by atoms with Crippen molar-refractivity contribution in [3.63, 3.8) is 0 Å². The second-order valence-corrected chi connectivity index (χ2v) is 4.51. The molecule has 1 N–H and O–H groups in total. The van der Waals surface area contributed by atoms with Crippen LogP contribution in [0.5, 0.6) is 0 Å². The van der Waals surface area contributed by atoms with Crippen LogP contribution in [0.3, 0.4) is 0 Å². The van der Waals surface area contributed by atoms with Crippen molar-refractivity contribution in [3.05, 3.63) is 12.7 Å². The van der Waals surface area contributed by atoms with E-state index in [1.807, 2.05) is 6.92 Å². The predicted molar refractivity (Wildman–Crippen MR) is 67.3 cm³/mol. The van der Waals surface area contributed by atoms with Crippen LogP contribution in [-0.4, -0.2) is 36.5 Å². The summed E-state index contributed by atoms with van der Waals surface area (Å²) in [6.07, 6.45) is 8.12. The van der Waals surface area contributed by atoms with E-state index in [9.17, 15) is 4.79 Å². The Labute approximate surface area is 98.9 Å². The lowest BCUT2D eigenvalue weighted by atomic mass is 10.1. The molecule has 1 saturated heterocycles. The zero-order valence-corrected chi connectivity index (χ0v) is 10.4. The number of carbonyl (C=O) groups excluding carboxylic acids is 1. The third-order valence-electron chi connectivity index (χ3n) is 3.24. The van der Waals surface area contributed by atoms with Gasteiger partial charge in [0.1, 0.15) is 0 Å². The number of nitrogens with zero attached hydrogens (tertiary/aromatic N) is 1. The second-order valence-electron chi connectivity index (χ2n) is 4.51. The number of likely N-dealkylation sites (tertiary alicyclic amines) is 1. The molecule has 1 aliphatic rings. The van der Waals surface area contributed by atoms with Gasteiger partial charge >= 0.3 is 0 Å². The summed E-state index contributed by atoms with van der Waals surface area (Å²) in [5.74, 6) is 0.125. The predicted octanol–water partition coefficient (Wildman–Crippen LogP) is 1.94. The summed E-state index contributed by atoms with van der Waals surface area (Å²) >= 11 is 0. The molecule has 0 unspecified atom stereocenters. The number of carbonyl (C=O) groups is 1. The van der Waals surface area contributed by atoms with Crippen LogP contribution in [0, 0.1) is 0 Å². The van der Waals surface area contributed by atoms with E-state index < -0.39 is 0 Å². The number of nitrogens with one attached hydrogen (secondary N) is 1. The molecule has 1 aliphatic heterocycles. The van der Waals surface area contributed by atoms with Gasteiger partial charge in [-0.1, -0.05) is 25.3 Å². The van der Waals surface area contributed by atoms with Crippen molar-refractivity contribution in [2.24, 2.45) is 0 Å². The summed E-state index contributed by atoms with van der Waals surface area (Å²) in [7, 11) is 0. The molecule has 0 saturated carbocycles. The third kappa shape index (κ3) is 4.35. The van der Waals surface area contributed by atoms with Crippen molar-refractivity contribution in [2.45, 2.75) is 45.1 Å². The largest absolute Gasteiger partial charge is 0.351 e. The van der Waals surface area contributed by atoms with Crippen LogP contribution in [0.2, 0.25) is 0 Å². The van der Waals surface area contributed by atoms with E-state index in [2.05, 4.69) is 16.8 Å². The van der Waals surface area contributed by atoms with Crippen molar-refractivity contribution < 1.29 is 4.79 Å². The maximum absolute atomic E-state index is 11.8. The molecule has 0 bridgehead atoms. The fourth-order valence-electron chi connectivity index (χ4n) is 2.15. The standard InChI is InChI=1S/C13H24N2O/c1-3-9-14-13(16)12(2)15-10-7-5-4-6-8-11-15/h3,12H,1,4-11H2,2H3,(H,14,16)/t12-/m0/s1. The van der Waals surface area contributed by atoms with Crippen LogP contribution in [-0.2, 0) is 4.79 Å². The highest BCUT2D eigenvalue weighted by Crippen LogP contribution is 2.12. The minimum absolute atomic E-state index is 0.00181. The lowest BCUT2D eigenvalue weighted by molar-refractivity contribution is -0.125. The normalized spacial score (nSPS) is 20.6. The van der Waals surface area contributed by atoms with Gasteiger partial charge in [-0.15, -0.1) is 6.58 Å². The van der Waals surface area contributed by atoms with Crippen molar-refractivity contribution in [3.8, 4) is 0 Å². The number of hydrogen-bond donors (Lipinski definition) is 1. The molecule has 0 aromatic heterocycles. The lowest BCUT2D eigenvalue weighted by Crippen LogP contribution is -2.46. The Morgan fingerprint density at radius 3 is 2.44 bits per heavy atom. The van der Waals surface area contributed by atoms with E-state index in [0.717, 1.165) is 13.1 Å². The second kappa shape index (κ2) is 7.44. The molecule has 0 aliphatic carbocycles. The quantitative estimate of drug-likeness (QED) is 0.740. The molecule has 0 aromatic carbocycles. The van der Waals surface area contributed by atoms with E-state index in [1.165, 1.54) is 32.1 Å². The maximum Gasteiger partial charge on any atom is 0.237 e. The Kier molecular flexibility index (Phi) is 6.16. The molecule has 3 heteroatoms. The molecule has 1 atom stereocenters.